The monoisotopic (exact) mass is 268 g/mol. The Morgan fingerprint density at radius 3 is 2.47 bits per heavy atom. The van der Waals surface area contributed by atoms with Crippen molar-refractivity contribution in [1.29, 1.82) is 0 Å². The second kappa shape index (κ2) is 5.96. The number of benzene rings is 1. The molecule has 0 amide bonds. The Bertz CT molecular complexity index is 420. The number of rotatable bonds is 4. The summed E-state index contributed by atoms with van der Waals surface area (Å²) >= 11 is 0. The molecule has 1 fully saturated rings. The Labute approximate surface area is 112 Å². The quantitative estimate of drug-likeness (QED) is 0.744. The van der Waals surface area contributed by atoms with E-state index in [0.29, 0.717) is 25.2 Å². The van der Waals surface area contributed by atoms with Crippen LogP contribution in [0, 0.1) is 11.7 Å². The van der Waals surface area contributed by atoms with E-state index in [2.05, 4.69) is 0 Å². The number of aliphatic hydroxyl groups excluding tert-OH is 2. The van der Waals surface area contributed by atoms with Crippen LogP contribution in [0.1, 0.15) is 18.5 Å². The summed E-state index contributed by atoms with van der Waals surface area (Å²) in [6.45, 7) is 3.46. The van der Waals surface area contributed by atoms with E-state index in [4.69, 9.17) is 5.73 Å². The number of aliphatic hydroxyl groups is 2. The number of β-amino-alcohol motifs (C(OH)–C–C–N with tert-alkyl or cyclic N) is 2. The van der Waals surface area contributed by atoms with Gasteiger partial charge in [-0.1, -0.05) is 25.1 Å². The van der Waals surface area contributed by atoms with Crippen LogP contribution in [0.2, 0.25) is 0 Å². The number of halogens is 1. The molecule has 1 heterocycles. The summed E-state index contributed by atoms with van der Waals surface area (Å²) in [5, 5.41) is 19.0. The van der Waals surface area contributed by atoms with Crippen LogP contribution >= 0.6 is 0 Å². The van der Waals surface area contributed by atoms with E-state index in [-0.39, 0.29) is 11.7 Å². The van der Waals surface area contributed by atoms with Crippen molar-refractivity contribution in [3.8, 4) is 0 Å². The van der Waals surface area contributed by atoms with Crippen molar-refractivity contribution in [2.24, 2.45) is 11.7 Å². The van der Waals surface area contributed by atoms with E-state index in [0.717, 1.165) is 0 Å². The summed E-state index contributed by atoms with van der Waals surface area (Å²) in [6.07, 6.45) is -1.39. The molecule has 0 saturated carbocycles. The Kier molecular flexibility index (Phi) is 4.52. The first-order valence-electron chi connectivity index (χ1n) is 6.57. The molecule has 4 nitrogen and oxygen atoms in total. The number of nitrogens with two attached hydrogens (primary N) is 1. The van der Waals surface area contributed by atoms with E-state index < -0.39 is 18.2 Å². The molecule has 1 aliphatic heterocycles. The largest absolute Gasteiger partial charge is 0.389 e. The van der Waals surface area contributed by atoms with Crippen molar-refractivity contribution in [1.82, 2.24) is 4.90 Å². The summed E-state index contributed by atoms with van der Waals surface area (Å²) in [7, 11) is 0. The number of hydrogen-bond donors (Lipinski definition) is 3. The topological polar surface area (TPSA) is 69.7 Å². The molecule has 0 aliphatic carbocycles. The number of likely N-dealkylation sites (tertiary alicyclic amines) is 1. The Hall–Kier alpha value is -1.01. The first kappa shape index (κ1) is 14.4. The first-order valence-corrected chi connectivity index (χ1v) is 6.57. The number of hydrogen-bond acceptors (Lipinski definition) is 4. The third-order valence-electron chi connectivity index (χ3n) is 3.76. The van der Waals surface area contributed by atoms with Gasteiger partial charge in [0.1, 0.15) is 5.82 Å². The van der Waals surface area contributed by atoms with Gasteiger partial charge < -0.3 is 15.9 Å². The van der Waals surface area contributed by atoms with Gasteiger partial charge in [0.15, 0.2) is 0 Å². The first-order chi connectivity index (χ1) is 8.99. The highest BCUT2D eigenvalue weighted by atomic mass is 19.1. The van der Waals surface area contributed by atoms with Crippen LogP contribution in [0.4, 0.5) is 4.39 Å². The Morgan fingerprint density at radius 1 is 1.32 bits per heavy atom. The third-order valence-corrected chi connectivity index (χ3v) is 3.76. The van der Waals surface area contributed by atoms with E-state index in [1.54, 1.807) is 18.2 Å². The fourth-order valence-corrected chi connectivity index (χ4v) is 2.57. The highest BCUT2D eigenvalue weighted by Crippen LogP contribution is 2.24. The summed E-state index contributed by atoms with van der Waals surface area (Å²) < 4.78 is 13.7. The van der Waals surface area contributed by atoms with E-state index in [1.165, 1.54) is 6.07 Å². The third kappa shape index (κ3) is 3.30. The van der Waals surface area contributed by atoms with Gasteiger partial charge in [-0.15, -0.1) is 0 Å². The molecule has 4 N–H and O–H groups in total. The maximum atomic E-state index is 13.7. The molecule has 0 bridgehead atoms. The minimum Gasteiger partial charge on any atom is -0.389 e. The summed E-state index contributed by atoms with van der Waals surface area (Å²) in [5.41, 5.74) is 6.60. The summed E-state index contributed by atoms with van der Waals surface area (Å²) in [4.78, 5) is 1.96. The van der Waals surface area contributed by atoms with Gasteiger partial charge in [-0.25, -0.2) is 4.39 Å². The maximum Gasteiger partial charge on any atom is 0.127 e. The van der Waals surface area contributed by atoms with Gasteiger partial charge in [-0.05, 0) is 12.0 Å². The van der Waals surface area contributed by atoms with Gasteiger partial charge in [-0.3, -0.25) is 4.90 Å². The zero-order chi connectivity index (χ0) is 14.0. The van der Waals surface area contributed by atoms with Crippen LogP contribution in [-0.2, 0) is 0 Å². The summed E-state index contributed by atoms with van der Waals surface area (Å²) in [5.74, 6) is -0.252. The van der Waals surface area contributed by atoms with Crippen molar-refractivity contribution >= 4 is 0 Å². The average Bonchev–Trinajstić information content (AvgIpc) is 2.68. The highest BCUT2D eigenvalue weighted by molar-refractivity contribution is 5.21. The van der Waals surface area contributed by atoms with E-state index in [1.807, 2.05) is 11.8 Å². The fraction of sp³-hybridized carbons (Fsp3) is 0.571. The van der Waals surface area contributed by atoms with Crippen molar-refractivity contribution in [3.05, 3.63) is 35.6 Å². The minimum atomic E-state index is -0.697. The molecule has 106 valence electrons. The van der Waals surface area contributed by atoms with Gasteiger partial charge in [0.05, 0.1) is 12.2 Å². The molecule has 5 heteroatoms. The fourth-order valence-electron chi connectivity index (χ4n) is 2.57. The Balaban J connectivity index is 1.97. The number of nitrogens with zero attached hydrogens (tertiary/aromatic N) is 1. The van der Waals surface area contributed by atoms with E-state index in [9.17, 15) is 14.6 Å². The second-order valence-electron chi connectivity index (χ2n) is 5.38. The van der Waals surface area contributed by atoms with Gasteiger partial charge in [0, 0.05) is 31.2 Å². The van der Waals surface area contributed by atoms with Crippen LogP contribution in [0.15, 0.2) is 24.3 Å². The smallest absolute Gasteiger partial charge is 0.127 e. The molecule has 1 aromatic rings. The normalized spacial score (nSPS) is 27.4. The van der Waals surface area contributed by atoms with Crippen molar-refractivity contribution in [3.63, 3.8) is 0 Å². The molecule has 0 radical (unpaired) electrons. The van der Waals surface area contributed by atoms with Crippen molar-refractivity contribution in [2.45, 2.75) is 25.2 Å². The predicted molar refractivity (Wildman–Crippen MR) is 70.9 cm³/mol. The molecule has 1 aromatic carbocycles. The van der Waals surface area contributed by atoms with Gasteiger partial charge in [0.25, 0.3) is 0 Å². The lowest BCUT2D eigenvalue weighted by Crippen LogP contribution is -2.33. The van der Waals surface area contributed by atoms with Gasteiger partial charge >= 0.3 is 0 Å². The Morgan fingerprint density at radius 2 is 1.89 bits per heavy atom. The molecule has 0 aromatic heterocycles. The summed E-state index contributed by atoms with van der Waals surface area (Å²) in [6, 6.07) is 6.13. The lowest BCUT2D eigenvalue weighted by atomic mass is 9.94. The molecule has 4 atom stereocenters. The molecule has 0 spiro atoms. The van der Waals surface area contributed by atoms with Crippen LogP contribution in [0.3, 0.4) is 0 Å². The lowest BCUT2D eigenvalue weighted by Gasteiger charge is -2.25. The van der Waals surface area contributed by atoms with E-state index >= 15 is 0 Å². The molecule has 1 saturated heterocycles. The van der Waals surface area contributed by atoms with Gasteiger partial charge in [-0.2, -0.15) is 0 Å². The maximum absolute atomic E-state index is 13.7. The SMILES string of the molecule is CC(CN1CC(O)C(O)C1)C(N)c1ccccc1F. The standard InChI is InChI=1S/C14H21FN2O2/c1-9(6-17-7-12(18)13(19)8-17)14(16)10-4-2-3-5-11(10)15/h2-5,9,12-14,18-19H,6-8,16H2,1H3. The van der Waals surface area contributed by atoms with Crippen LogP contribution < -0.4 is 5.73 Å². The van der Waals surface area contributed by atoms with Crippen LogP contribution in [0.25, 0.3) is 0 Å². The molecular weight excluding hydrogens is 247 g/mol. The lowest BCUT2D eigenvalue weighted by molar-refractivity contribution is 0.0572. The average molecular weight is 268 g/mol. The zero-order valence-corrected chi connectivity index (χ0v) is 11.0. The molecular formula is C14H21FN2O2. The molecule has 2 rings (SSSR count). The van der Waals surface area contributed by atoms with Crippen molar-refractivity contribution in [2.75, 3.05) is 19.6 Å². The minimum absolute atomic E-state index is 0.0365. The van der Waals surface area contributed by atoms with Crippen LogP contribution in [-0.4, -0.2) is 47.0 Å². The molecule has 1 aliphatic rings. The predicted octanol–water partition coefficient (Wildman–Crippen LogP) is 0.499. The van der Waals surface area contributed by atoms with Crippen molar-refractivity contribution < 1.29 is 14.6 Å². The second-order valence-corrected chi connectivity index (χ2v) is 5.38. The van der Waals surface area contributed by atoms with Gasteiger partial charge in [0.2, 0.25) is 0 Å². The molecule has 4 unspecified atom stereocenters. The molecule has 19 heavy (non-hydrogen) atoms. The highest BCUT2D eigenvalue weighted by Gasteiger charge is 2.31. The zero-order valence-electron chi connectivity index (χ0n) is 11.0. The van der Waals surface area contributed by atoms with Crippen LogP contribution in [0.5, 0.6) is 0 Å².